The van der Waals surface area contributed by atoms with Crippen LogP contribution < -0.4 is 0 Å². The van der Waals surface area contributed by atoms with Gasteiger partial charge in [0, 0.05) is 12.3 Å². The van der Waals surface area contributed by atoms with Crippen molar-refractivity contribution in [3.63, 3.8) is 0 Å². The fourth-order valence-electron chi connectivity index (χ4n) is 4.88. The Kier molecular flexibility index (Phi) is 2.61. The van der Waals surface area contributed by atoms with E-state index in [-0.39, 0.29) is 11.9 Å². The SMILES string of the molecule is C[C@@H]1CC[C@H]2[C@@H](C)COC3OC4(C)CC[C@@H]1C32OO4. The van der Waals surface area contributed by atoms with Crippen molar-refractivity contribution in [2.75, 3.05) is 6.61 Å². The maximum Gasteiger partial charge on any atom is 0.201 e. The molecule has 0 amide bonds. The van der Waals surface area contributed by atoms with Gasteiger partial charge < -0.3 is 9.47 Å². The van der Waals surface area contributed by atoms with Gasteiger partial charge in [-0.2, -0.15) is 0 Å². The predicted octanol–water partition coefficient (Wildman–Crippen LogP) is 2.87. The molecule has 5 aliphatic rings. The molecule has 7 atom stereocenters. The van der Waals surface area contributed by atoms with Crippen molar-refractivity contribution in [3.8, 4) is 0 Å². The molecule has 19 heavy (non-hydrogen) atoms. The first-order valence-electron chi connectivity index (χ1n) is 7.71. The molecule has 4 heterocycles. The Morgan fingerprint density at radius 2 is 1.74 bits per heavy atom. The van der Waals surface area contributed by atoms with E-state index in [0.29, 0.717) is 23.7 Å². The maximum absolute atomic E-state index is 6.16. The van der Waals surface area contributed by atoms with Crippen LogP contribution in [0.5, 0.6) is 0 Å². The number of fused-ring (bicyclic) bond motifs is 2. The highest BCUT2D eigenvalue weighted by atomic mass is 17.3. The monoisotopic (exact) mass is 268 g/mol. The Balaban J connectivity index is 1.81. The minimum atomic E-state index is -0.627. The van der Waals surface area contributed by atoms with Crippen LogP contribution in [0.4, 0.5) is 0 Å². The van der Waals surface area contributed by atoms with E-state index in [1.807, 2.05) is 6.92 Å². The van der Waals surface area contributed by atoms with E-state index in [1.165, 1.54) is 12.8 Å². The number of rotatable bonds is 0. The average Bonchev–Trinajstić information content (AvgIpc) is 2.61. The van der Waals surface area contributed by atoms with E-state index in [1.54, 1.807) is 0 Å². The highest BCUT2D eigenvalue weighted by Gasteiger charge is 2.67. The van der Waals surface area contributed by atoms with E-state index in [9.17, 15) is 0 Å². The second-order valence-electron chi connectivity index (χ2n) is 7.22. The molecular weight excluding hydrogens is 244 g/mol. The normalized spacial score (nSPS) is 60.5. The van der Waals surface area contributed by atoms with Gasteiger partial charge >= 0.3 is 0 Å². The highest BCUT2D eigenvalue weighted by molar-refractivity contribution is 5.08. The molecule has 0 aromatic carbocycles. The lowest BCUT2D eigenvalue weighted by Crippen LogP contribution is -2.68. The van der Waals surface area contributed by atoms with Crippen LogP contribution in [0.15, 0.2) is 0 Å². The van der Waals surface area contributed by atoms with E-state index in [4.69, 9.17) is 19.2 Å². The van der Waals surface area contributed by atoms with Crippen LogP contribution in [-0.2, 0) is 19.2 Å². The van der Waals surface area contributed by atoms with Crippen LogP contribution in [-0.4, -0.2) is 24.3 Å². The molecule has 3 unspecified atom stereocenters. The summed E-state index contributed by atoms with van der Waals surface area (Å²) < 4.78 is 12.2. The molecule has 4 heteroatoms. The van der Waals surface area contributed by atoms with Crippen molar-refractivity contribution in [1.82, 2.24) is 0 Å². The third kappa shape index (κ3) is 1.54. The van der Waals surface area contributed by atoms with Gasteiger partial charge in [-0.15, -0.1) is 0 Å². The van der Waals surface area contributed by atoms with Crippen LogP contribution in [0.2, 0.25) is 0 Å². The summed E-state index contributed by atoms with van der Waals surface area (Å²) in [4.78, 5) is 11.7. The lowest BCUT2D eigenvalue weighted by Gasteiger charge is -2.58. The highest BCUT2D eigenvalue weighted by Crippen LogP contribution is 2.59. The molecule has 5 rings (SSSR count). The summed E-state index contributed by atoms with van der Waals surface area (Å²) in [5, 5.41) is 0. The van der Waals surface area contributed by atoms with E-state index in [0.717, 1.165) is 19.4 Å². The Bertz CT molecular complexity index is 386. The zero-order chi connectivity index (χ0) is 13.3. The van der Waals surface area contributed by atoms with Crippen LogP contribution >= 0.6 is 0 Å². The molecule has 4 aliphatic heterocycles. The molecule has 4 saturated heterocycles. The second-order valence-corrected chi connectivity index (χ2v) is 7.22. The zero-order valence-corrected chi connectivity index (χ0v) is 12.1. The Hall–Kier alpha value is -0.160. The molecule has 0 radical (unpaired) electrons. The first kappa shape index (κ1) is 12.6. The Morgan fingerprint density at radius 3 is 2.58 bits per heavy atom. The summed E-state index contributed by atoms with van der Waals surface area (Å²) in [6.45, 7) is 7.36. The van der Waals surface area contributed by atoms with Gasteiger partial charge in [-0.05, 0) is 43.9 Å². The van der Waals surface area contributed by atoms with Gasteiger partial charge in [0.1, 0.15) is 0 Å². The molecule has 108 valence electrons. The zero-order valence-electron chi connectivity index (χ0n) is 12.1. The summed E-state index contributed by atoms with van der Waals surface area (Å²) in [5.41, 5.74) is -0.370. The summed E-state index contributed by atoms with van der Waals surface area (Å²) in [5.74, 6) is 1.53. The third-order valence-electron chi connectivity index (χ3n) is 5.97. The van der Waals surface area contributed by atoms with Gasteiger partial charge in [0.25, 0.3) is 0 Å². The lowest BCUT2D eigenvalue weighted by atomic mass is 9.58. The van der Waals surface area contributed by atoms with Crippen molar-refractivity contribution in [2.24, 2.45) is 23.7 Å². The van der Waals surface area contributed by atoms with Crippen LogP contribution in [0.3, 0.4) is 0 Å². The number of hydrogen-bond acceptors (Lipinski definition) is 4. The van der Waals surface area contributed by atoms with Crippen molar-refractivity contribution in [2.45, 2.75) is 64.1 Å². The average molecular weight is 268 g/mol. The van der Waals surface area contributed by atoms with Gasteiger partial charge in [-0.25, -0.2) is 9.78 Å². The second kappa shape index (κ2) is 3.94. The first-order chi connectivity index (χ1) is 9.05. The number of ether oxygens (including phenoxy) is 2. The summed E-state index contributed by atoms with van der Waals surface area (Å²) in [6, 6.07) is 0. The van der Waals surface area contributed by atoms with E-state index >= 15 is 0 Å². The van der Waals surface area contributed by atoms with E-state index in [2.05, 4.69) is 13.8 Å². The summed E-state index contributed by atoms with van der Waals surface area (Å²) in [6.07, 6.45) is 4.24. The minimum absolute atomic E-state index is 0.248. The topological polar surface area (TPSA) is 36.9 Å². The molecular formula is C15H24O4. The largest absolute Gasteiger partial charge is 0.349 e. The van der Waals surface area contributed by atoms with Gasteiger partial charge in [0.15, 0.2) is 11.9 Å². The number of hydrogen-bond donors (Lipinski definition) is 0. The molecule has 4 nitrogen and oxygen atoms in total. The van der Waals surface area contributed by atoms with Gasteiger partial charge in [0.2, 0.25) is 5.79 Å². The molecule has 0 aromatic rings. The van der Waals surface area contributed by atoms with Crippen LogP contribution in [0.25, 0.3) is 0 Å². The Labute approximate surface area is 114 Å². The molecule has 1 saturated carbocycles. The lowest BCUT2D eigenvalue weighted by molar-refractivity contribution is -0.566. The Morgan fingerprint density at radius 1 is 0.947 bits per heavy atom. The van der Waals surface area contributed by atoms with Crippen molar-refractivity contribution in [1.29, 1.82) is 0 Å². The quantitative estimate of drug-likeness (QED) is 0.633. The van der Waals surface area contributed by atoms with Gasteiger partial charge in [0.05, 0.1) is 6.61 Å². The van der Waals surface area contributed by atoms with Crippen LogP contribution in [0.1, 0.15) is 46.5 Å². The van der Waals surface area contributed by atoms with Crippen molar-refractivity contribution >= 4 is 0 Å². The first-order valence-corrected chi connectivity index (χ1v) is 7.71. The molecule has 0 aromatic heterocycles. The van der Waals surface area contributed by atoms with E-state index < -0.39 is 5.79 Å². The third-order valence-corrected chi connectivity index (χ3v) is 5.97. The molecule has 2 bridgehead atoms. The summed E-state index contributed by atoms with van der Waals surface area (Å²) >= 11 is 0. The molecule has 1 aliphatic carbocycles. The van der Waals surface area contributed by atoms with Gasteiger partial charge in [-0.1, -0.05) is 13.8 Å². The fourth-order valence-corrected chi connectivity index (χ4v) is 4.88. The van der Waals surface area contributed by atoms with Crippen molar-refractivity contribution < 1.29 is 19.2 Å². The van der Waals surface area contributed by atoms with Gasteiger partial charge in [-0.3, -0.25) is 0 Å². The molecule has 0 N–H and O–H groups in total. The fraction of sp³-hybridized carbons (Fsp3) is 1.00. The summed E-state index contributed by atoms with van der Waals surface area (Å²) in [7, 11) is 0. The van der Waals surface area contributed by atoms with Crippen molar-refractivity contribution in [3.05, 3.63) is 0 Å². The molecule has 5 fully saturated rings. The maximum atomic E-state index is 6.16. The smallest absolute Gasteiger partial charge is 0.201 e. The minimum Gasteiger partial charge on any atom is -0.349 e. The standard InChI is InChI=1S/C15H24O4/c1-9-4-5-11-10(2)8-16-13-15(11)12(9)6-7-14(3,17-13)18-19-15/h9-13H,4-8H2,1-3H3/t9-,10+,11+,12+,13?,14?,15?/m1/s1. The predicted molar refractivity (Wildman–Crippen MR) is 67.9 cm³/mol. The molecule has 1 spiro atoms. The van der Waals surface area contributed by atoms with Crippen LogP contribution in [0, 0.1) is 23.7 Å².